The molecule has 2 aliphatic carbocycles. The van der Waals surface area contributed by atoms with Crippen molar-refractivity contribution >= 4 is 88.5 Å². The van der Waals surface area contributed by atoms with Crippen molar-refractivity contribution in [2.45, 2.75) is 19.8 Å². The minimum atomic E-state index is -3.77. The van der Waals surface area contributed by atoms with Gasteiger partial charge in [-0.3, -0.25) is 18.2 Å². The number of anilines is 2. The smallest absolute Gasteiger partial charge is 0.255 e. The van der Waals surface area contributed by atoms with Gasteiger partial charge in [0.25, 0.3) is 11.8 Å². The van der Waals surface area contributed by atoms with Crippen LogP contribution < -0.4 is 19.2 Å². The molecule has 0 saturated heterocycles. The van der Waals surface area contributed by atoms with Gasteiger partial charge < -0.3 is 24.6 Å². The largest absolute Gasteiger partial charge is 0.506 e. The lowest BCUT2D eigenvalue weighted by molar-refractivity contribution is 0.0956. The summed E-state index contributed by atoms with van der Waals surface area (Å²) < 4.78 is 122. The van der Waals surface area contributed by atoms with Crippen molar-refractivity contribution < 1.29 is 57.9 Å². The van der Waals surface area contributed by atoms with Gasteiger partial charge in [-0.15, -0.1) is 0 Å². The lowest BCUT2D eigenvalue weighted by Crippen LogP contribution is -2.25. The summed E-state index contributed by atoms with van der Waals surface area (Å²) in [7, 11) is -1.73. The number of furan rings is 2. The number of benzene rings is 6. The molecule has 0 radical (unpaired) electrons. The number of aryl methyl sites for hydroxylation is 1. The van der Waals surface area contributed by atoms with Crippen LogP contribution >= 0.6 is 0 Å². The summed E-state index contributed by atoms with van der Waals surface area (Å²) >= 11 is 0. The molecule has 4 aromatic heterocycles. The number of sulfonamides is 2. The summed E-state index contributed by atoms with van der Waals surface area (Å²) in [5.41, 5.74) is 9.56. The number of nitrogens with one attached hydrogen (secondary N) is 2. The zero-order chi connectivity index (χ0) is 61.3. The summed E-state index contributed by atoms with van der Waals surface area (Å²) in [4.78, 5) is 36.0. The molecule has 0 unspecified atom stereocenters. The average molecular weight is 1200 g/mol. The van der Waals surface area contributed by atoms with Crippen molar-refractivity contribution in [1.82, 2.24) is 20.6 Å². The molecule has 0 bridgehead atoms. The van der Waals surface area contributed by atoms with Gasteiger partial charge in [-0.05, 0) is 138 Å². The molecule has 3 N–H and O–H groups in total. The number of fused-ring (bicyclic) bond motifs is 4. The van der Waals surface area contributed by atoms with Gasteiger partial charge in [0, 0.05) is 97.3 Å². The second-order valence-electron chi connectivity index (χ2n) is 20.7. The number of aromatic nitrogens is 2. The Kier molecular flexibility index (Phi) is 15.0. The first-order chi connectivity index (χ1) is 40.9. The van der Waals surface area contributed by atoms with Crippen LogP contribution in [0.3, 0.4) is 0 Å². The third kappa shape index (κ3) is 10.7. The highest BCUT2D eigenvalue weighted by Crippen LogP contribution is 2.45. The van der Waals surface area contributed by atoms with Crippen LogP contribution in [0.1, 0.15) is 59.9 Å². The normalized spacial score (nSPS) is 12.7. The van der Waals surface area contributed by atoms with E-state index in [1.54, 1.807) is 54.6 Å². The van der Waals surface area contributed by atoms with Gasteiger partial charge in [0.15, 0.2) is 0 Å². The first-order valence-corrected chi connectivity index (χ1v) is 30.3. The number of hydrogen-bond acceptors (Lipinski definition) is 11. The Morgan fingerprint density at radius 3 is 1.37 bits per heavy atom. The van der Waals surface area contributed by atoms with Crippen molar-refractivity contribution in [1.29, 1.82) is 0 Å². The number of amides is 2. The molecular formula is C65H52F4N6O9S2. The molecular weight excluding hydrogens is 1150 g/mol. The highest BCUT2D eigenvalue weighted by Gasteiger charge is 2.30. The SMILES string of the molecule is CNC(=O)c1c(-c2ccc(F)cc2)oc2cc(N(C)S(C)(=O)=O)c(-c3ccc(C)c(C4=Cc5c(F)cccc5C4)n3)cc12.CNC(=O)c1c(-c2ccc(F)cc2)oc2cc(N(C)S(C)(=O)=O)c(-c3ccc(O)c(C4=Cc5c(F)cccc5C4)n3)cc12. The molecule has 21 heteroatoms. The molecule has 2 aliphatic rings. The Balaban J connectivity index is 0.000000179. The van der Waals surface area contributed by atoms with Crippen LogP contribution in [0, 0.1) is 30.2 Å². The number of rotatable bonds is 12. The summed E-state index contributed by atoms with van der Waals surface area (Å²) in [6.07, 6.45) is 6.42. The van der Waals surface area contributed by atoms with E-state index in [1.807, 2.05) is 19.1 Å². The molecule has 0 spiro atoms. The number of carbonyl (C=O) groups is 2. The highest BCUT2D eigenvalue weighted by molar-refractivity contribution is 7.92. The Bertz CT molecular complexity index is 4470. The van der Waals surface area contributed by atoms with E-state index in [2.05, 4.69) is 10.6 Å². The van der Waals surface area contributed by atoms with Gasteiger partial charge in [-0.1, -0.05) is 30.3 Å². The van der Waals surface area contributed by atoms with Crippen molar-refractivity contribution in [3.63, 3.8) is 0 Å². The maximum atomic E-state index is 14.5. The summed E-state index contributed by atoms with van der Waals surface area (Å²) in [5, 5.41) is 16.8. The predicted octanol–water partition coefficient (Wildman–Crippen LogP) is 12.6. The van der Waals surface area contributed by atoms with Crippen LogP contribution in [0.25, 0.3) is 90.4 Å². The van der Waals surface area contributed by atoms with Gasteiger partial charge in [0.2, 0.25) is 20.0 Å². The molecule has 86 heavy (non-hydrogen) atoms. The fourth-order valence-electron chi connectivity index (χ4n) is 10.7. The molecule has 0 fully saturated rings. The van der Waals surface area contributed by atoms with Crippen molar-refractivity contribution in [2.75, 3.05) is 49.3 Å². The monoisotopic (exact) mass is 1200 g/mol. The van der Waals surface area contributed by atoms with Crippen LogP contribution in [0.5, 0.6) is 5.75 Å². The maximum absolute atomic E-state index is 14.5. The maximum Gasteiger partial charge on any atom is 0.255 e. The number of pyridine rings is 2. The summed E-state index contributed by atoms with van der Waals surface area (Å²) in [6, 6.07) is 33.7. The average Bonchev–Trinajstić information content (AvgIpc) is 1.65. The molecule has 4 heterocycles. The minimum Gasteiger partial charge on any atom is -0.506 e. The van der Waals surface area contributed by atoms with E-state index in [1.165, 1.54) is 107 Å². The summed E-state index contributed by atoms with van der Waals surface area (Å²) in [5.74, 6) is -2.22. The Morgan fingerprint density at radius 1 is 0.558 bits per heavy atom. The third-order valence-corrected chi connectivity index (χ3v) is 17.6. The Morgan fingerprint density at radius 2 is 0.965 bits per heavy atom. The summed E-state index contributed by atoms with van der Waals surface area (Å²) in [6.45, 7) is 1.91. The third-order valence-electron chi connectivity index (χ3n) is 15.2. The number of aromatic hydroxyl groups is 1. The second kappa shape index (κ2) is 22.3. The zero-order valence-corrected chi connectivity index (χ0v) is 48.7. The van der Waals surface area contributed by atoms with Crippen molar-refractivity contribution in [2.24, 2.45) is 0 Å². The van der Waals surface area contributed by atoms with E-state index >= 15 is 0 Å². The first kappa shape index (κ1) is 57.9. The number of halogens is 4. The van der Waals surface area contributed by atoms with Gasteiger partial charge >= 0.3 is 0 Å². The van der Waals surface area contributed by atoms with Gasteiger partial charge in [-0.25, -0.2) is 44.4 Å². The van der Waals surface area contributed by atoms with E-state index < -0.39 is 43.5 Å². The number of nitrogens with zero attached hydrogens (tertiary/aromatic N) is 4. The molecule has 2 amide bonds. The molecule has 15 nitrogen and oxygen atoms in total. The van der Waals surface area contributed by atoms with Gasteiger partial charge in [0.05, 0.1) is 52.1 Å². The minimum absolute atomic E-state index is 0.129. The van der Waals surface area contributed by atoms with E-state index in [4.69, 9.17) is 18.8 Å². The van der Waals surface area contributed by atoms with Gasteiger partial charge in [0.1, 0.15) is 57.4 Å². The van der Waals surface area contributed by atoms with Crippen LogP contribution in [-0.2, 0) is 32.9 Å². The second-order valence-corrected chi connectivity index (χ2v) is 24.7. The standard InChI is InChI=1S/C33H27F2N3O4S.C32H25F2N3O5S/c1-18-8-13-27(37-31(18)21-14-20-6-5-7-26(35)23(20)15-21)24-16-25-29(17-28(24)38(3)43(4,40)41)42-32(30(25)33(39)36-2)19-9-11-22(34)12-10-19;1-35-32(39)29-23-15-22(25-11-12-27(38)30(36-25)19-13-18-5-4-6-24(34)21(18)14-19)26(37(2)43(3,40)41)16-28(23)42-31(29)17-7-9-20(33)10-8-17/h5-13,15-17H,14H2,1-4H3,(H,36,39);4-12,14-16,38H,13H2,1-3H3,(H,35,39). The Hall–Kier alpha value is -9.86. The van der Waals surface area contributed by atoms with E-state index in [-0.39, 0.29) is 68.3 Å². The fraction of sp³-hybridized carbons (Fsp3) is 0.138. The topological polar surface area (TPSA) is 205 Å². The molecule has 0 aliphatic heterocycles. The Labute approximate surface area is 491 Å². The van der Waals surface area contributed by atoms with Crippen LogP contribution in [0.15, 0.2) is 142 Å². The lowest BCUT2D eigenvalue weighted by Gasteiger charge is -2.21. The van der Waals surface area contributed by atoms with E-state index in [0.717, 1.165) is 43.4 Å². The van der Waals surface area contributed by atoms with Gasteiger partial charge in [-0.2, -0.15) is 0 Å². The molecule has 10 aromatic rings. The van der Waals surface area contributed by atoms with Crippen LogP contribution in [-0.4, -0.2) is 84.4 Å². The van der Waals surface area contributed by atoms with Crippen molar-refractivity contribution in [3.8, 4) is 50.9 Å². The quantitative estimate of drug-likeness (QED) is 0.0981. The number of allylic oxidation sites excluding steroid dienone is 2. The molecule has 0 saturated carbocycles. The molecule has 12 rings (SSSR count). The molecule has 436 valence electrons. The number of carbonyl (C=O) groups excluding carboxylic acids is 2. The van der Waals surface area contributed by atoms with Crippen LogP contribution in [0.4, 0.5) is 28.9 Å². The predicted molar refractivity (Wildman–Crippen MR) is 325 cm³/mol. The molecule has 0 atom stereocenters. The highest BCUT2D eigenvalue weighted by atomic mass is 32.2. The van der Waals surface area contributed by atoms with E-state index in [0.29, 0.717) is 79.6 Å². The molecule has 6 aromatic carbocycles. The zero-order valence-electron chi connectivity index (χ0n) is 47.1. The van der Waals surface area contributed by atoms with E-state index in [9.17, 15) is 49.1 Å². The number of hydrogen-bond donors (Lipinski definition) is 3. The fourth-order valence-corrected chi connectivity index (χ4v) is 11.7. The lowest BCUT2D eigenvalue weighted by atomic mass is 9.99. The first-order valence-electron chi connectivity index (χ1n) is 26.6. The van der Waals surface area contributed by atoms with Crippen molar-refractivity contribution in [3.05, 3.63) is 207 Å². The van der Waals surface area contributed by atoms with Crippen LogP contribution in [0.2, 0.25) is 0 Å².